The van der Waals surface area contributed by atoms with Crippen molar-refractivity contribution >= 4 is 139 Å². The standard InChI is InChI=1S/C66H38N10O4/c77-63-51-21-23-53-62-54(66(80)76(65(53)79)50-19-3-36(4-20-50)60-57-27-15-47(73-57)33-43-11-7-39(69-43)30-40-8-12-44(70-40)34-48-16-28-58(60)74-48)24-22-52(61(51)62)64(78)75(63)49-17-1-35(2-18-49)59-55-25-13-45(71-55)31-41-9-5-37(67-41)29-38-6-10-42(68-38)32-46-14-26-56(59)72-46/h1-34,67,69,72,74H. The van der Waals surface area contributed by atoms with Crippen LogP contribution < -0.4 is 9.80 Å². The molecule has 0 fully saturated rings. The van der Waals surface area contributed by atoms with E-state index in [9.17, 15) is 19.2 Å². The number of rotatable bonds is 4. The quantitative estimate of drug-likeness (QED) is 0.125. The molecule has 0 saturated carbocycles. The zero-order valence-electron chi connectivity index (χ0n) is 41.9. The first-order valence-electron chi connectivity index (χ1n) is 25.9. The minimum absolute atomic E-state index is 0.207. The van der Waals surface area contributed by atoms with Gasteiger partial charge in [-0.2, -0.15) is 0 Å². The molecule has 0 saturated heterocycles. The molecule has 0 spiro atoms. The van der Waals surface area contributed by atoms with Crippen LogP contribution in [0.3, 0.4) is 0 Å². The molecular formula is C66H38N10O4. The van der Waals surface area contributed by atoms with Crippen molar-refractivity contribution in [3.8, 4) is 22.3 Å². The average molecular weight is 1040 g/mol. The van der Waals surface area contributed by atoms with Gasteiger partial charge in [0.15, 0.2) is 0 Å². The smallest absolute Gasteiger partial charge is 0.265 e. The van der Waals surface area contributed by atoms with Gasteiger partial charge in [-0.15, -0.1) is 0 Å². The second kappa shape index (κ2) is 17.1. The van der Waals surface area contributed by atoms with Crippen LogP contribution in [-0.2, 0) is 0 Å². The van der Waals surface area contributed by atoms with Crippen LogP contribution in [0.1, 0.15) is 87.0 Å². The summed E-state index contributed by atoms with van der Waals surface area (Å²) >= 11 is 0. The molecule has 10 aromatic rings. The van der Waals surface area contributed by atoms with Crippen LogP contribution in [0.5, 0.6) is 0 Å². The summed E-state index contributed by atoms with van der Waals surface area (Å²) in [6.45, 7) is 0. The fraction of sp³-hybridized carbons (Fsp3) is 0. The Kier molecular flexibility index (Phi) is 9.57. The second-order valence-corrected chi connectivity index (χ2v) is 20.2. The average Bonchev–Trinajstić information content (AvgIpc) is 4.46. The zero-order chi connectivity index (χ0) is 53.3. The molecule has 6 aromatic heterocycles. The van der Waals surface area contributed by atoms with Gasteiger partial charge in [-0.1, -0.05) is 24.3 Å². The third-order valence-electron chi connectivity index (χ3n) is 15.2. The predicted octanol–water partition coefficient (Wildman–Crippen LogP) is 13.7. The first-order chi connectivity index (χ1) is 39.2. The highest BCUT2D eigenvalue weighted by Crippen LogP contribution is 2.42. The molecule has 14 heteroatoms. The highest BCUT2D eigenvalue weighted by molar-refractivity contribution is 6.42. The summed E-state index contributed by atoms with van der Waals surface area (Å²) < 4.78 is 0. The van der Waals surface area contributed by atoms with Gasteiger partial charge in [0.2, 0.25) is 0 Å². The molecule has 0 unspecified atom stereocenters. The third kappa shape index (κ3) is 7.27. The lowest BCUT2D eigenvalue weighted by Crippen LogP contribution is -2.43. The number of benzene rings is 4. The molecule has 0 aliphatic carbocycles. The number of hydrogen-bond acceptors (Lipinski definition) is 8. The molecule has 376 valence electrons. The van der Waals surface area contributed by atoms with Crippen LogP contribution in [0.25, 0.3) is 126 Å². The molecule has 80 heavy (non-hydrogen) atoms. The topological polar surface area (TPSA) is 189 Å². The summed E-state index contributed by atoms with van der Waals surface area (Å²) in [7, 11) is 0. The van der Waals surface area contributed by atoms with Crippen LogP contribution in [0.4, 0.5) is 11.4 Å². The number of hydrogen-bond donors (Lipinski definition) is 4. The summed E-state index contributed by atoms with van der Waals surface area (Å²) in [5.74, 6) is -2.29. The van der Waals surface area contributed by atoms with E-state index in [0.717, 1.165) is 122 Å². The van der Waals surface area contributed by atoms with E-state index in [1.165, 1.54) is 0 Å². The summed E-state index contributed by atoms with van der Waals surface area (Å²) in [5.41, 5.74) is 18.0. The van der Waals surface area contributed by atoms with Gasteiger partial charge in [-0.05, 0) is 193 Å². The Morgan fingerprint density at radius 3 is 0.912 bits per heavy atom. The molecule has 4 amide bonds. The van der Waals surface area contributed by atoms with Gasteiger partial charge in [0.1, 0.15) is 0 Å². The maximum absolute atomic E-state index is 14.7. The van der Waals surface area contributed by atoms with E-state index in [1.54, 1.807) is 48.5 Å². The predicted molar refractivity (Wildman–Crippen MR) is 315 cm³/mol. The van der Waals surface area contributed by atoms with E-state index in [2.05, 4.69) is 19.9 Å². The molecule has 6 aliphatic rings. The van der Waals surface area contributed by atoms with Crippen molar-refractivity contribution in [2.45, 2.75) is 0 Å². The van der Waals surface area contributed by atoms with Crippen molar-refractivity contribution in [3.63, 3.8) is 0 Å². The van der Waals surface area contributed by atoms with E-state index in [1.807, 2.05) is 158 Å². The highest BCUT2D eigenvalue weighted by atomic mass is 16.2. The van der Waals surface area contributed by atoms with Crippen LogP contribution in [0.2, 0.25) is 0 Å². The molecule has 6 aliphatic heterocycles. The lowest BCUT2D eigenvalue weighted by molar-refractivity contribution is 0.0873. The molecule has 14 nitrogen and oxygen atoms in total. The lowest BCUT2D eigenvalue weighted by atomic mass is 9.85. The molecule has 0 radical (unpaired) electrons. The molecule has 0 atom stereocenters. The number of anilines is 2. The van der Waals surface area contributed by atoms with Gasteiger partial charge in [0.25, 0.3) is 23.6 Å². The van der Waals surface area contributed by atoms with Crippen LogP contribution in [-0.4, -0.2) is 63.5 Å². The fourth-order valence-electron chi connectivity index (χ4n) is 11.5. The third-order valence-corrected chi connectivity index (χ3v) is 15.2. The van der Waals surface area contributed by atoms with Crippen molar-refractivity contribution in [2.24, 2.45) is 0 Å². The van der Waals surface area contributed by atoms with Crippen LogP contribution in [0, 0.1) is 0 Å². The molecule has 4 N–H and O–H groups in total. The number of fused-ring (bicyclic) bond motifs is 16. The highest BCUT2D eigenvalue weighted by Gasteiger charge is 2.41. The first-order valence-corrected chi connectivity index (χ1v) is 25.9. The number of H-pyrrole nitrogens is 4. The monoisotopic (exact) mass is 1030 g/mol. The van der Waals surface area contributed by atoms with Gasteiger partial charge in [0, 0.05) is 88.3 Å². The molecule has 4 aromatic carbocycles. The number of aromatic nitrogens is 8. The summed E-state index contributed by atoms with van der Waals surface area (Å²) in [4.78, 5) is 94.5. The number of nitrogens with zero attached hydrogens (tertiary/aromatic N) is 6. The molecule has 12 heterocycles. The Hall–Kier alpha value is -11.4. The maximum atomic E-state index is 14.7. The Labute approximate surface area is 453 Å². The maximum Gasteiger partial charge on any atom is 0.265 e. The first kappa shape index (κ1) is 44.9. The van der Waals surface area contributed by atoms with E-state index in [4.69, 9.17) is 19.9 Å². The summed E-state index contributed by atoms with van der Waals surface area (Å²) in [5, 5.41) is 0.555. The van der Waals surface area contributed by atoms with Crippen molar-refractivity contribution < 1.29 is 19.2 Å². The van der Waals surface area contributed by atoms with Crippen LogP contribution in [0.15, 0.2) is 158 Å². The summed E-state index contributed by atoms with van der Waals surface area (Å²) in [6, 6.07) is 48.7. The minimum atomic E-state index is -0.572. The zero-order valence-corrected chi connectivity index (χ0v) is 41.9. The van der Waals surface area contributed by atoms with E-state index >= 15 is 0 Å². The van der Waals surface area contributed by atoms with Crippen molar-refractivity contribution in [2.75, 3.05) is 9.80 Å². The Bertz CT molecular complexity index is 4610. The number of nitrogens with one attached hydrogen (secondary N) is 4. The Balaban J connectivity index is 0.730. The largest absolute Gasteiger partial charge is 0.355 e. The number of amides is 4. The van der Waals surface area contributed by atoms with Crippen molar-refractivity contribution in [1.29, 1.82) is 0 Å². The van der Waals surface area contributed by atoms with Gasteiger partial charge in [-0.25, -0.2) is 29.7 Å². The number of aromatic amines is 4. The Morgan fingerprint density at radius 1 is 0.287 bits per heavy atom. The second-order valence-electron chi connectivity index (χ2n) is 20.2. The molecule has 16 bridgehead atoms. The van der Waals surface area contributed by atoms with E-state index in [-0.39, 0.29) is 33.0 Å². The van der Waals surface area contributed by atoms with E-state index < -0.39 is 23.6 Å². The fourth-order valence-corrected chi connectivity index (χ4v) is 11.5. The van der Waals surface area contributed by atoms with Crippen LogP contribution >= 0.6 is 0 Å². The van der Waals surface area contributed by atoms with Crippen molar-refractivity contribution in [1.82, 2.24) is 39.9 Å². The van der Waals surface area contributed by atoms with Gasteiger partial charge >= 0.3 is 0 Å². The van der Waals surface area contributed by atoms with Crippen molar-refractivity contribution in [3.05, 3.63) is 226 Å². The number of carbonyl (C=O) groups excluding carboxylic acids is 4. The Morgan fingerprint density at radius 2 is 0.575 bits per heavy atom. The summed E-state index contributed by atoms with van der Waals surface area (Å²) in [6.07, 6.45) is 15.8. The minimum Gasteiger partial charge on any atom is -0.355 e. The normalized spacial score (nSPS) is 14.1. The van der Waals surface area contributed by atoms with E-state index in [0.29, 0.717) is 11.4 Å². The van der Waals surface area contributed by atoms with Gasteiger partial charge < -0.3 is 19.9 Å². The molecule has 16 rings (SSSR count). The number of imide groups is 2. The number of carbonyl (C=O) groups is 4. The molecular weight excluding hydrogens is 997 g/mol. The lowest BCUT2D eigenvalue weighted by Gasteiger charge is -2.32. The van der Waals surface area contributed by atoms with Gasteiger partial charge in [0.05, 0.1) is 56.9 Å². The SMILES string of the molecule is O=C1c2ccc3c4c(ccc(c24)C(=O)N1c1ccc(-c2c4nc(cc5ccc(cc6nc(cc7ccc2[nH]7)C=C6)[nH]5)C=C4)cc1)C(=O)N(c1ccc(-c2c4nc(cc5ccc(cc6nc(cc7ccc2[nH]7)C=C6)[nH]5)C=C4)cc1)C3=O. The van der Waals surface area contributed by atoms with Gasteiger partial charge in [-0.3, -0.25) is 19.2 Å².